The summed E-state index contributed by atoms with van der Waals surface area (Å²) in [7, 11) is 0. The first kappa shape index (κ1) is 14.1. The van der Waals surface area contributed by atoms with Crippen molar-refractivity contribution in [1.82, 2.24) is 4.90 Å². The zero-order valence-electron chi connectivity index (χ0n) is 10.4. The molecule has 1 aromatic rings. The number of thiophene rings is 1. The van der Waals surface area contributed by atoms with Crippen molar-refractivity contribution in [1.29, 1.82) is 0 Å². The maximum atomic E-state index is 12.4. The Morgan fingerprint density at radius 2 is 2.16 bits per heavy atom. The van der Waals surface area contributed by atoms with Crippen LogP contribution in [-0.2, 0) is 4.79 Å². The lowest BCUT2D eigenvalue weighted by atomic mass is 10.2. The second-order valence-corrected chi connectivity index (χ2v) is 6.28. The third-order valence-electron chi connectivity index (χ3n) is 2.80. The van der Waals surface area contributed by atoms with Gasteiger partial charge in [0.05, 0.1) is 4.88 Å². The van der Waals surface area contributed by atoms with E-state index in [1.54, 1.807) is 6.07 Å². The number of thioether (sulfide) groups is 1. The van der Waals surface area contributed by atoms with E-state index in [0.717, 1.165) is 37.1 Å². The average molecular weight is 297 g/mol. The Morgan fingerprint density at radius 3 is 2.95 bits per heavy atom. The summed E-state index contributed by atoms with van der Waals surface area (Å²) >= 11 is 3.24. The molecule has 102 valence electrons. The number of aliphatic carboxylic acids is 1. The summed E-state index contributed by atoms with van der Waals surface area (Å²) in [6, 6.07) is 1.78. The minimum atomic E-state index is -1.00. The summed E-state index contributed by atoms with van der Waals surface area (Å²) in [6.07, 6.45) is 3.57. The van der Waals surface area contributed by atoms with Crippen LogP contribution in [0.15, 0.2) is 17.5 Å². The molecule has 0 aromatic carbocycles. The van der Waals surface area contributed by atoms with E-state index in [-0.39, 0.29) is 5.91 Å². The highest BCUT2D eigenvalue weighted by molar-refractivity contribution is 7.99. The molecule has 0 spiro atoms. The molecular formula is C13H15NO3S2. The predicted molar refractivity (Wildman–Crippen MR) is 78.8 cm³/mol. The monoisotopic (exact) mass is 297 g/mol. The fraction of sp³-hybridized carbons (Fsp3) is 0.385. The third kappa shape index (κ3) is 3.84. The van der Waals surface area contributed by atoms with Crippen LogP contribution in [0.5, 0.6) is 0 Å². The number of nitrogens with zero attached hydrogens (tertiary/aromatic N) is 1. The van der Waals surface area contributed by atoms with Gasteiger partial charge in [0.2, 0.25) is 0 Å². The highest BCUT2D eigenvalue weighted by atomic mass is 32.2. The highest BCUT2D eigenvalue weighted by Gasteiger charge is 2.20. The largest absolute Gasteiger partial charge is 0.478 e. The number of hydrogen-bond acceptors (Lipinski definition) is 4. The van der Waals surface area contributed by atoms with E-state index in [4.69, 9.17) is 5.11 Å². The lowest BCUT2D eigenvalue weighted by molar-refractivity contribution is -0.131. The van der Waals surface area contributed by atoms with Crippen molar-refractivity contribution in [2.75, 3.05) is 24.6 Å². The van der Waals surface area contributed by atoms with Crippen molar-refractivity contribution < 1.29 is 14.7 Å². The molecule has 0 bridgehead atoms. The number of carboxylic acid groups (broad SMARTS) is 1. The van der Waals surface area contributed by atoms with Gasteiger partial charge in [-0.2, -0.15) is 11.8 Å². The standard InChI is InChI=1S/C13H15NO3S2/c15-11(16)3-2-10-4-8-19-12(10)13(17)14-5-1-7-18-9-6-14/h2-4,8H,1,5-7,9H2,(H,15,16). The van der Waals surface area contributed by atoms with Crippen LogP contribution in [0.4, 0.5) is 0 Å². The first-order valence-corrected chi connectivity index (χ1v) is 8.07. The van der Waals surface area contributed by atoms with Crippen molar-refractivity contribution in [2.45, 2.75) is 6.42 Å². The molecule has 0 aliphatic carbocycles. The molecule has 1 amide bonds. The van der Waals surface area contributed by atoms with E-state index in [1.165, 1.54) is 17.4 Å². The van der Waals surface area contributed by atoms with Gasteiger partial charge >= 0.3 is 5.97 Å². The third-order valence-corrected chi connectivity index (χ3v) is 4.77. The molecule has 1 fully saturated rings. The Kier molecular flexibility index (Phi) is 5.04. The topological polar surface area (TPSA) is 57.6 Å². The lowest BCUT2D eigenvalue weighted by Crippen LogP contribution is -2.32. The molecule has 0 unspecified atom stereocenters. The van der Waals surface area contributed by atoms with Gasteiger partial charge in [-0.25, -0.2) is 4.79 Å². The molecule has 0 radical (unpaired) electrons. The molecule has 1 aromatic heterocycles. The maximum absolute atomic E-state index is 12.4. The molecule has 1 aliphatic heterocycles. The van der Waals surface area contributed by atoms with E-state index in [9.17, 15) is 9.59 Å². The second kappa shape index (κ2) is 6.77. The Labute approximate surface area is 120 Å². The Morgan fingerprint density at radius 1 is 1.32 bits per heavy atom. The van der Waals surface area contributed by atoms with Crippen LogP contribution in [-0.4, -0.2) is 46.5 Å². The van der Waals surface area contributed by atoms with Crippen LogP contribution in [0, 0.1) is 0 Å². The van der Waals surface area contributed by atoms with Crippen molar-refractivity contribution in [3.63, 3.8) is 0 Å². The molecule has 2 heterocycles. The fourth-order valence-electron chi connectivity index (χ4n) is 1.88. The minimum Gasteiger partial charge on any atom is -0.478 e. The fourth-order valence-corrected chi connectivity index (χ4v) is 3.62. The van der Waals surface area contributed by atoms with Crippen molar-refractivity contribution >= 4 is 41.1 Å². The van der Waals surface area contributed by atoms with Gasteiger partial charge < -0.3 is 10.0 Å². The number of amides is 1. The number of carbonyl (C=O) groups excluding carboxylic acids is 1. The van der Waals surface area contributed by atoms with Gasteiger partial charge in [0.15, 0.2) is 0 Å². The molecule has 1 saturated heterocycles. The van der Waals surface area contributed by atoms with Crippen molar-refractivity contribution in [3.05, 3.63) is 28.0 Å². The summed E-state index contributed by atoms with van der Waals surface area (Å²) < 4.78 is 0. The van der Waals surface area contributed by atoms with Crippen LogP contribution >= 0.6 is 23.1 Å². The number of hydrogen-bond donors (Lipinski definition) is 1. The van der Waals surface area contributed by atoms with E-state index in [0.29, 0.717) is 10.4 Å². The molecule has 19 heavy (non-hydrogen) atoms. The van der Waals surface area contributed by atoms with Gasteiger partial charge in [-0.1, -0.05) is 0 Å². The van der Waals surface area contributed by atoms with Crippen LogP contribution in [0.2, 0.25) is 0 Å². The predicted octanol–water partition coefficient (Wildman–Crippen LogP) is 2.43. The van der Waals surface area contributed by atoms with Gasteiger partial charge in [-0.15, -0.1) is 11.3 Å². The Balaban J connectivity index is 2.14. The Hall–Kier alpha value is -1.27. The number of carbonyl (C=O) groups is 2. The van der Waals surface area contributed by atoms with Gasteiger partial charge in [-0.3, -0.25) is 4.79 Å². The molecule has 0 atom stereocenters. The Bertz CT molecular complexity index is 488. The smallest absolute Gasteiger partial charge is 0.328 e. The summed E-state index contributed by atoms with van der Waals surface area (Å²) in [4.78, 5) is 25.5. The highest BCUT2D eigenvalue weighted by Crippen LogP contribution is 2.22. The zero-order chi connectivity index (χ0) is 13.7. The summed E-state index contributed by atoms with van der Waals surface area (Å²) in [5, 5.41) is 10.5. The molecule has 0 saturated carbocycles. The minimum absolute atomic E-state index is 0.0162. The van der Waals surface area contributed by atoms with Gasteiger partial charge in [0.1, 0.15) is 0 Å². The molecule has 4 nitrogen and oxygen atoms in total. The van der Waals surface area contributed by atoms with Crippen molar-refractivity contribution in [3.8, 4) is 0 Å². The molecule has 1 N–H and O–H groups in total. The molecule has 1 aliphatic rings. The zero-order valence-corrected chi connectivity index (χ0v) is 12.0. The van der Waals surface area contributed by atoms with Crippen LogP contribution < -0.4 is 0 Å². The molecule has 2 rings (SSSR count). The van der Waals surface area contributed by atoms with E-state index >= 15 is 0 Å². The molecule has 6 heteroatoms. The lowest BCUT2D eigenvalue weighted by Gasteiger charge is -2.19. The van der Waals surface area contributed by atoms with E-state index < -0.39 is 5.97 Å². The van der Waals surface area contributed by atoms with E-state index in [1.807, 2.05) is 22.0 Å². The van der Waals surface area contributed by atoms with Crippen LogP contribution in [0.1, 0.15) is 21.7 Å². The summed E-state index contributed by atoms with van der Waals surface area (Å²) in [5.74, 6) is 1.08. The van der Waals surface area contributed by atoms with E-state index in [2.05, 4.69) is 0 Å². The summed E-state index contributed by atoms with van der Waals surface area (Å²) in [6.45, 7) is 1.55. The van der Waals surface area contributed by atoms with Crippen LogP contribution in [0.25, 0.3) is 6.08 Å². The summed E-state index contributed by atoms with van der Waals surface area (Å²) in [5.41, 5.74) is 0.689. The quantitative estimate of drug-likeness (QED) is 0.871. The van der Waals surface area contributed by atoms with Gasteiger partial charge in [0, 0.05) is 24.9 Å². The van der Waals surface area contributed by atoms with Gasteiger partial charge in [-0.05, 0) is 35.3 Å². The first-order chi connectivity index (χ1) is 9.18. The SMILES string of the molecule is O=C(O)C=Cc1ccsc1C(=O)N1CCCSCC1. The number of rotatable bonds is 3. The van der Waals surface area contributed by atoms with Crippen molar-refractivity contribution in [2.24, 2.45) is 0 Å². The second-order valence-electron chi connectivity index (χ2n) is 4.13. The first-order valence-electron chi connectivity index (χ1n) is 6.04. The average Bonchev–Trinajstić information content (AvgIpc) is 2.68. The number of carboxylic acids is 1. The van der Waals surface area contributed by atoms with Crippen LogP contribution in [0.3, 0.4) is 0 Å². The molecular weight excluding hydrogens is 282 g/mol. The normalized spacial score (nSPS) is 16.5. The van der Waals surface area contributed by atoms with Gasteiger partial charge in [0.25, 0.3) is 5.91 Å². The maximum Gasteiger partial charge on any atom is 0.328 e.